The molecule has 6 heteroatoms. The van der Waals surface area contributed by atoms with Crippen LogP contribution in [-0.4, -0.2) is 29.9 Å². The standard InChI is InChI=1S/C54H36N6/c1-3-10-43(11-4-1)52-58-53(44-12-5-2-6-13-44)60-54(59-52)46-15-7-14-45(32-46)37-22-26-41(27-23-37)50-33-49(40-20-18-38(19-21-40)47-16-8-30-55-35-47)34-51(57-50)42-28-24-39(25-29-42)48-17-9-31-56-36-48/h1-36H. The summed E-state index contributed by atoms with van der Waals surface area (Å²) in [7, 11) is 0. The van der Waals surface area contributed by atoms with Crippen LogP contribution in [-0.2, 0) is 0 Å². The van der Waals surface area contributed by atoms with Crippen molar-refractivity contribution in [2.75, 3.05) is 0 Å². The van der Waals surface area contributed by atoms with Gasteiger partial charge in [-0.3, -0.25) is 9.97 Å². The maximum Gasteiger partial charge on any atom is 0.164 e. The van der Waals surface area contributed by atoms with Crippen LogP contribution in [0.3, 0.4) is 0 Å². The summed E-state index contributed by atoms with van der Waals surface area (Å²) in [5.74, 6) is 1.89. The summed E-state index contributed by atoms with van der Waals surface area (Å²) in [4.78, 5) is 28.6. The smallest absolute Gasteiger partial charge is 0.164 e. The minimum atomic E-state index is 0.622. The third-order valence-electron chi connectivity index (χ3n) is 10.5. The molecule has 4 aromatic heterocycles. The van der Waals surface area contributed by atoms with E-state index >= 15 is 0 Å². The average molecular weight is 769 g/mol. The first-order valence-electron chi connectivity index (χ1n) is 19.8. The third-order valence-corrected chi connectivity index (χ3v) is 10.5. The number of aromatic nitrogens is 6. The van der Waals surface area contributed by atoms with E-state index in [0.717, 1.165) is 83.7 Å². The molecule has 0 spiro atoms. The van der Waals surface area contributed by atoms with Crippen LogP contribution in [0.4, 0.5) is 0 Å². The Morgan fingerprint density at radius 2 is 0.583 bits per heavy atom. The van der Waals surface area contributed by atoms with E-state index in [2.05, 4.69) is 131 Å². The molecule has 282 valence electrons. The molecule has 10 aromatic rings. The van der Waals surface area contributed by atoms with Gasteiger partial charge in [0.25, 0.3) is 0 Å². The van der Waals surface area contributed by atoms with Gasteiger partial charge in [-0.2, -0.15) is 0 Å². The van der Waals surface area contributed by atoms with Gasteiger partial charge in [0.2, 0.25) is 0 Å². The van der Waals surface area contributed by atoms with Crippen molar-refractivity contribution in [1.29, 1.82) is 0 Å². The van der Waals surface area contributed by atoms with Crippen LogP contribution in [0.2, 0.25) is 0 Å². The van der Waals surface area contributed by atoms with E-state index in [1.807, 2.05) is 85.2 Å². The molecular weight excluding hydrogens is 733 g/mol. The van der Waals surface area contributed by atoms with E-state index in [-0.39, 0.29) is 0 Å². The summed E-state index contributed by atoms with van der Waals surface area (Å²) >= 11 is 0. The Labute approximate surface area is 348 Å². The van der Waals surface area contributed by atoms with Crippen molar-refractivity contribution in [2.45, 2.75) is 0 Å². The molecule has 6 aromatic carbocycles. The molecule has 0 N–H and O–H groups in total. The van der Waals surface area contributed by atoms with Crippen molar-refractivity contribution in [1.82, 2.24) is 29.9 Å². The minimum Gasteiger partial charge on any atom is -0.264 e. The molecule has 0 unspecified atom stereocenters. The van der Waals surface area contributed by atoms with Gasteiger partial charge < -0.3 is 0 Å². The molecule has 0 aliphatic carbocycles. The van der Waals surface area contributed by atoms with Gasteiger partial charge in [-0.05, 0) is 74.8 Å². The van der Waals surface area contributed by atoms with Crippen LogP contribution in [0.15, 0.2) is 219 Å². The SMILES string of the molecule is c1ccc(-c2nc(-c3ccccc3)nc(-c3cccc(-c4ccc(-c5cc(-c6ccc(-c7cccnc7)cc6)cc(-c6ccc(-c7cccnc7)cc6)n5)cc4)c3)n2)cc1. The van der Waals surface area contributed by atoms with Crippen molar-refractivity contribution in [3.63, 3.8) is 0 Å². The quantitative estimate of drug-likeness (QED) is 0.145. The van der Waals surface area contributed by atoms with Gasteiger partial charge in [0.15, 0.2) is 17.5 Å². The molecule has 60 heavy (non-hydrogen) atoms. The lowest BCUT2D eigenvalue weighted by molar-refractivity contribution is 1.07. The van der Waals surface area contributed by atoms with Crippen LogP contribution < -0.4 is 0 Å². The van der Waals surface area contributed by atoms with E-state index < -0.39 is 0 Å². The highest BCUT2D eigenvalue weighted by Crippen LogP contribution is 2.34. The maximum atomic E-state index is 5.25. The lowest BCUT2D eigenvalue weighted by Gasteiger charge is -2.12. The molecule has 0 fully saturated rings. The highest BCUT2D eigenvalue weighted by molar-refractivity contribution is 5.80. The van der Waals surface area contributed by atoms with Gasteiger partial charge in [-0.15, -0.1) is 0 Å². The zero-order valence-corrected chi connectivity index (χ0v) is 32.5. The van der Waals surface area contributed by atoms with Crippen molar-refractivity contribution < 1.29 is 0 Å². The van der Waals surface area contributed by atoms with E-state index in [1.165, 1.54) is 0 Å². The Hall–Kier alpha value is -8.22. The second kappa shape index (κ2) is 16.3. The van der Waals surface area contributed by atoms with Crippen molar-refractivity contribution in [3.05, 3.63) is 219 Å². The summed E-state index contributed by atoms with van der Waals surface area (Å²) in [5.41, 5.74) is 15.4. The predicted molar refractivity (Wildman–Crippen MR) is 242 cm³/mol. The fourth-order valence-electron chi connectivity index (χ4n) is 7.36. The Bertz CT molecular complexity index is 2870. The lowest BCUT2D eigenvalue weighted by Crippen LogP contribution is -2.00. The monoisotopic (exact) mass is 768 g/mol. The Kier molecular flexibility index (Phi) is 9.84. The predicted octanol–water partition coefficient (Wildman–Crippen LogP) is 13.1. The number of pyridine rings is 3. The van der Waals surface area contributed by atoms with E-state index in [9.17, 15) is 0 Å². The molecule has 0 aliphatic heterocycles. The molecule has 0 radical (unpaired) electrons. The molecule has 0 bridgehead atoms. The Morgan fingerprint density at radius 1 is 0.217 bits per heavy atom. The van der Waals surface area contributed by atoms with Gasteiger partial charge in [-0.1, -0.05) is 164 Å². The zero-order chi connectivity index (χ0) is 40.1. The second-order valence-electron chi connectivity index (χ2n) is 14.5. The fourth-order valence-corrected chi connectivity index (χ4v) is 7.36. The molecular formula is C54H36N6. The number of benzene rings is 6. The lowest BCUT2D eigenvalue weighted by atomic mass is 9.96. The van der Waals surface area contributed by atoms with E-state index in [4.69, 9.17) is 19.9 Å². The van der Waals surface area contributed by atoms with E-state index in [1.54, 1.807) is 12.4 Å². The number of hydrogen-bond acceptors (Lipinski definition) is 6. The first-order chi connectivity index (χ1) is 29.7. The molecule has 0 saturated heterocycles. The van der Waals surface area contributed by atoms with Crippen molar-refractivity contribution >= 4 is 0 Å². The summed E-state index contributed by atoms with van der Waals surface area (Å²) in [6, 6.07) is 66.7. The summed E-state index contributed by atoms with van der Waals surface area (Å²) in [6.07, 6.45) is 7.37. The molecule has 0 saturated carbocycles. The molecule has 0 atom stereocenters. The van der Waals surface area contributed by atoms with Crippen LogP contribution >= 0.6 is 0 Å². The summed E-state index contributed by atoms with van der Waals surface area (Å²) in [6.45, 7) is 0. The molecule has 6 nitrogen and oxygen atoms in total. The van der Waals surface area contributed by atoms with Crippen LogP contribution in [0.5, 0.6) is 0 Å². The third kappa shape index (κ3) is 7.73. The Balaban J connectivity index is 0.999. The largest absolute Gasteiger partial charge is 0.264 e. The minimum absolute atomic E-state index is 0.622. The average Bonchev–Trinajstić information content (AvgIpc) is 3.35. The van der Waals surface area contributed by atoms with E-state index in [0.29, 0.717) is 17.5 Å². The van der Waals surface area contributed by atoms with Gasteiger partial charge >= 0.3 is 0 Å². The van der Waals surface area contributed by atoms with Crippen molar-refractivity contribution in [3.8, 4) is 101 Å². The van der Waals surface area contributed by atoms with Crippen LogP contribution in [0, 0.1) is 0 Å². The van der Waals surface area contributed by atoms with Crippen LogP contribution in [0.1, 0.15) is 0 Å². The highest BCUT2D eigenvalue weighted by atomic mass is 15.0. The number of rotatable bonds is 9. The number of hydrogen-bond donors (Lipinski definition) is 0. The van der Waals surface area contributed by atoms with Gasteiger partial charge in [-0.25, -0.2) is 19.9 Å². The molecule has 10 rings (SSSR count). The summed E-state index contributed by atoms with van der Waals surface area (Å²) in [5, 5.41) is 0. The van der Waals surface area contributed by atoms with Gasteiger partial charge in [0.05, 0.1) is 11.4 Å². The van der Waals surface area contributed by atoms with Gasteiger partial charge in [0, 0.05) is 52.6 Å². The number of nitrogens with zero attached hydrogens (tertiary/aromatic N) is 6. The van der Waals surface area contributed by atoms with Crippen molar-refractivity contribution in [2.24, 2.45) is 0 Å². The molecule has 0 amide bonds. The molecule has 4 heterocycles. The first-order valence-corrected chi connectivity index (χ1v) is 19.8. The highest BCUT2D eigenvalue weighted by Gasteiger charge is 2.14. The normalized spacial score (nSPS) is 11.0. The second-order valence-corrected chi connectivity index (χ2v) is 14.5. The topological polar surface area (TPSA) is 77.3 Å². The Morgan fingerprint density at radius 3 is 1.03 bits per heavy atom. The zero-order valence-electron chi connectivity index (χ0n) is 32.5. The first kappa shape index (κ1) is 36.1. The van der Waals surface area contributed by atoms with Gasteiger partial charge in [0.1, 0.15) is 0 Å². The molecule has 0 aliphatic rings. The fraction of sp³-hybridized carbons (Fsp3) is 0. The maximum absolute atomic E-state index is 5.25. The van der Waals surface area contributed by atoms with Crippen LogP contribution in [0.25, 0.3) is 101 Å². The summed E-state index contributed by atoms with van der Waals surface area (Å²) < 4.78 is 0.